The van der Waals surface area contributed by atoms with E-state index in [1.165, 1.54) is 0 Å². The lowest BCUT2D eigenvalue weighted by Gasteiger charge is -2.28. The van der Waals surface area contributed by atoms with E-state index < -0.39 is 5.97 Å². The van der Waals surface area contributed by atoms with Gasteiger partial charge in [-0.2, -0.15) is 5.11 Å². The van der Waals surface area contributed by atoms with E-state index in [9.17, 15) is 9.90 Å². The minimum Gasteiger partial charge on any atom is -0.477 e. The van der Waals surface area contributed by atoms with Crippen LogP contribution in [0.1, 0.15) is 21.6 Å². The summed E-state index contributed by atoms with van der Waals surface area (Å²) in [6, 6.07) is 11.3. The average Bonchev–Trinajstić information content (AvgIpc) is 2.62. The Morgan fingerprint density at radius 2 is 2.08 bits per heavy atom. The molecule has 7 nitrogen and oxygen atoms in total. The second-order valence-corrected chi connectivity index (χ2v) is 5.86. The zero-order valence-corrected chi connectivity index (χ0v) is 14.1. The van der Waals surface area contributed by atoms with Gasteiger partial charge in [-0.3, -0.25) is 0 Å². The summed E-state index contributed by atoms with van der Waals surface area (Å²) in [7, 11) is 0. The average molecular weight is 340 g/mol. The first-order valence-electron chi connectivity index (χ1n) is 8.13. The van der Waals surface area contributed by atoms with Crippen molar-refractivity contribution in [1.29, 1.82) is 0 Å². The van der Waals surface area contributed by atoms with Gasteiger partial charge in [0.15, 0.2) is 11.5 Å². The zero-order valence-electron chi connectivity index (χ0n) is 14.1. The van der Waals surface area contributed by atoms with Crippen LogP contribution in [0.15, 0.2) is 46.6 Å². The number of ether oxygens (including phenoxy) is 1. The molecule has 130 valence electrons. The summed E-state index contributed by atoms with van der Waals surface area (Å²) in [4.78, 5) is 17.5. The molecule has 0 unspecified atom stereocenters. The SMILES string of the molecule is Cc1cccc(CN=Nc2cc(N3CCOCC3)cc(C(=O)O)n2)c1. The van der Waals surface area contributed by atoms with Gasteiger partial charge in [0.25, 0.3) is 0 Å². The van der Waals surface area contributed by atoms with Crippen LogP contribution in [-0.2, 0) is 11.3 Å². The van der Waals surface area contributed by atoms with Crippen molar-refractivity contribution in [3.8, 4) is 0 Å². The van der Waals surface area contributed by atoms with Crippen molar-refractivity contribution < 1.29 is 14.6 Å². The van der Waals surface area contributed by atoms with E-state index in [-0.39, 0.29) is 5.69 Å². The second-order valence-electron chi connectivity index (χ2n) is 5.86. The number of anilines is 1. The van der Waals surface area contributed by atoms with Crippen LogP contribution in [0.25, 0.3) is 0 Å². The molecular formula is C18H20N4O3. The van der Waals surface area contributed by atoms with Gasteiger partial charge in [0.1, 0.15) is 0 Å². The summed E-state index contributed by atoms with van der Waals surface area (Å²) in [6.45, 7) is 5.11. The maximum atomic E-state index is 11.3. The van der Waals surface area contributed by atoms with Gasteiger partial charge in [-0.05, 0) is 18.6 Å². The number of hydrogen-bond acceptors (Lipinski definition) is 6. The van der Waals surface area contributed by atoms with Crippen LogP contribution in [-0.4, -0.2) is 42.4 Å². The minimum absolute atomic E-state index is 0.0338. The van der Waals surface area contributed by atoms with Crippen LogP contribution in [0.4, 0.5) is 11.5 Å². The third-order valence-corrected chi connectivity index (χ3v) is 3.90. The summed E-state index contributed by atoms with van der Waals surface area (Å²) in [5.74, 6) is -0.778. The van der Waals surface area contributed by atoms with Gasteiger partial charge in [-0.1, -0.05) is 29.8 Å². The number of rotatable bonds is 5. The predicted octanol–water partition coefficient (Wildman–Crippen LogP) is 3.21. The first-order valence-corrected chi connectivity index (χ1v) is 8.13. The number of azo groups is 1. The van der Waals surface area contributed by atoms with Gasteiger partial charge in [-0.15, -0.1) is 5.11 Å². The van der Waals surface area contributed by atoms with Crippen LogP contribution in [0, 0.1) is 6.92 Å². The molecular weight excluding hydrogens is 320 g/mol. The van der Waals surface area contributed by atoms with Crippen molar-refractivity contribution in [2.45, 2.75) is 13.5 Å². The Balaban J connectivity index is 1.80. The van der Waals surface area contributed by atoms with E-state index >= 15 is 0 Å². The van der Waals surface area contributed by atoms with Crippen molar-refractivity contribution >= 4 is 17.5 Å². The lowest BCUT2D eigenvalue weighted by atomic mass is 10.1. The van der Waals surface area contributed by atoms with Crippen molar-refractivity contribution in [2.24, 2.45) is 10.2 Å². The Hall–Kier alpha value is -2.80. The number of nitrogens with zero attached hydrogens (tertiary/aromatic N) is 4. The van der Waals surface area contributed by atoms with Crippen molar-refractivity contribution in [3.63, 3.8) is 0 Å². The van der Waals surface area contributed by atoms with Crippen LogP contribution >= 0.6 is 0 Å². The molecule has 1 aliphatic heterocycles. The fraction of sp³-hybridized carbons (Fsp3) is 0.333. The number of morpholine rings is 1. The number of aromatic nitrogens is 1. The maximum absolute atomic E-state index is 11.3. The molecule has 0 atom stereocenters. The summed E-state index contributed by atoms with van der Waals surface area (Å²) in [5.41, 5.74) is 2.95. The number of aryl methyl sites for hydroxylation is 1. The molecule has 1 aromatic heterocycles. The first kappa shape index (κ1) is 17.0. The largest absolute Gasteiger partial charge is 0.477 e. The van der Waals surface area contributed by atoms with Crippen LogP contribution in [0.3, 0.4) is 0 Å². The number of carbonyl (C=O) groups is 1. The third-order valence-electron chi connectivity index (χ3n) is 3.90. The molecule has 1 saturated heterocycles. The van der Waals surface area contributed by atoms with E-state index in [2.05, 4.69) is 20.1 Å². The molecule has 2 aromatic rings. The van der Waals surface area contributed by atoms with Crippen molar-refractivity contribution in [2.75, 3.05) is 31.2 Å². The van der Waals surface area contributed by atoms with E-state index in [1.807, 2.05) is 31.2 Å². The van der Waals surface area contributed by atoms with E-state index in [0.29, 0.717) is 38.7 Å². The Labute approximate surface area is 146 Å². The molecule has 2 heterocycles. The zero-order chi connectivity index (χ0) is 17.6. The van der Waals surface area contributed by atoms with Gasteiger partial charge in [-0.25, -0.2) is 9.78 Å². The fourth-order valence-electron chi connectivity index (χ4n) is 2.67. The van der Waals surface area contributed by atoms with E-state index in [1.54, 1.807) is 12.1 Å². The third kappa shape index (κ3) is 4.60. The Morgan fingerprint density at radius 3 is 2.80 bits per heavy atom. The summed E-state index contributed by atoms with van der Waals surface area (Å²) in [5, 5.41) is 17.6. The molecule has 25 heavy (non-hydrogen) atoms. The van der Waals surface area contributed by atoms with Crippen LogP contribution in [0.2, 0.25) is 0 Å². The molecule has 0 bridgehead atoms. The van der Waals surface area contributed by atoms with Gasteiger partial charge in [0, 0.05) is 24.8 Å². The monoisotopic (exact) mass is 340 g/mol. The molecule has 1 N–H and O–H groups in total. The highest BCUT2D eigenvalue weighted by Crippen LogP contribution is 2.23. The van der Waals surface area contributed by atoms with Gasteiger partial charge >= 0.3 is 5.97 Å². The second kappa shape index (κ2) is 7.85. The smallest absolute Gasteiger partial charge is 0.354 e. The fourth-order valence-corrected chi connectivity index (χ4v) is 2.67. The van der Waals surface area contributed by atoms with Gasteiger partial charge in [0.05, 0.1) is 19.8 Å². The van der Waals surface area contributed by atoms with Crippen molar-refractivity contribution in [3.05, 3.63) is 53.2 Å². The van der Waals surface area contributed by atoms with E-state index in [0.717, 1.165) is 16.8 Å². The van der Waals surface area contributed by atoms with Crippen LogP contribution in [0.5, 0.6) is 0 Å². The molecule has 1 aliphatic rings. The molecule has 3 rings (SSSR count). The number of carboxylic acids is 1. The minimum atomic E-state index is -1.08. The molecule has 0 amide bonds. The molecule has 0 radical (unpaired) electrons. The first-order chi connectivity index (χ1) is 12.1. The van der Waals surface area contributed by atoms with Gasteiger partial charge in [0.2, 0.25) is 0 Å². The Bertz CT molecular complexity index is 786. The number of pyridine rings is 1. The molecule has 1 fully saturated rings. The maximum Gasteiger partial charge on any atom is 0.354 e. The highest BCUT2D eigenvalue weighted by atomic mass is 16.5. The molecule has 1 aromatic carbocycles. The summed E-state index contributed by atoms with van der Waals surface area (Å²) >= 11 is 0. The summed E-state index contributed by atoms with van der Waals surface area (Å²) in [6.07, 6.45) is 0. The lowest BCUT2D eigenvalue weighted by molar-refractivity contribution is 0.0690. The number of hydrogen-bond donors (Lipinski definition) is 1. The topological polar surface area (TPSA) is 87.4 Å². The van der Waals surface area contributed by atoms with Crippen molar-refractivity contribution in [1.82, 2.24) is 4.98 Å². The lowest BCUT2D eigenvalue weighted by Crippen LogP contribution is -2.36. The molecule has 0 saturated carbocycles. The number of benzene rings is 1. The standard InChI is InChI=1S/C18H20N4O3/c1-13-3-2-4-14(9-13)12-19-21-17-11-15(10-16(20-17)18(23)24)22-5-7-25-8-6-22/h2-4,9-11H,5-8,12H2,1H3,(H,23,24). The Morgan fingerprint density at radius 1 is 1.28 bits per heavy atom. The number of carboxylic acid groups (broad SMARTS) is 1. The van der Waals surface area contributed by atoms with Crippen LogP contribution < -0.4 is 4.90 Å². The Kier molecular flexibility index (Phi) is 5.35. The number of aromatic carboxylic acids is 1. The molecule has 7 heteroatoms. The van der Waals surface area contributed by atoms with Gasteiger partial charge < -0.3 is 14.7 Å². The van der Waals surface area contributed by atoms with E-state index in [4.69, 9.17) is 4.74 Å². The molecule has 0 spiro atoms. The normalized spacial score (nSPS) is 14.8. The summed E-state index contributed by atoms with van der Waals surface area (Å²) < 4.78 is 5.34. The highest BCUT2D eigenvalue weighted by molar-refractivity contribution is 5.87. The quantitative estimate of drug-likeness (QED) is 0.845. The molecule has 0 aliphatic carbocycles. The highest BCUT2D eigenvalue weighted by Gasteiger charge is 2.16. The predicted molar refractivity (Wildman–Crippen MR) is 93.6 cm³/mol.